The molecule has 2 heterocycles. The van der Waals surface area contributed by atoms with E-state index in [0.29, 0.717) is 6.42 Å². The predicted molar refractivity (Wildman–Crippen MR) is 74.8 cm³/mol. The lowest BCUT2D eigenvalue weighted by Gasteiger charge is -2.23. The van der Waals surface area contributed by atoms with Crippen molar-refractivity contribution in [2.45, 2.75) is 31.2 Å². The van der Waals surface area contributed by atoms with Crippen molar-refractivity contribution in [2.75, 3.05) is 18.0 Å². The number of para-hydroxylation sites is 1. The average molecular weight is 274 g/mol. The lowest BCUT2D eigenvalue weighted by atomic mass is 9.98. The number of benzene rings is 1. The van der Waals surface area contributed by atoms with Gasteiger partial charge in [0.05, 0.1) is 6.42 Å². The monoisotopic (exact) mass is 274 g/mol. The Kier molecular flexibility index (Phi) is 3.34. The Balaban J connectivity index is 1.76. The fourth-order valence-corrected chi connectivity index (χ4v) is 3.22. The zero-order valence-electron chi connectivity index (χ0n) is 11.2. The van der Waals surface area contributed by atoms with Gasteiger partial charge in [-0.2, -0.15) is 0 Å². The van der Waals surface area contributed by atoms with Gasteiger partial charge in [-0.25, -0.2) is 0 Å². The van der Waals surface area contributed by atoms with Gasteiger partial charge in [-0.05, 0) is 18.1 Å². The molecule has 0 saturated carbocycles. The quantitative estimate of drug-likeness (QED) is 0.869. The van der Waals surface area contributed by atoms with Crippen LogP contribution < -0.4 is 10.2 Å². The van der Waals surface area contributed by atoms with Gasteiger partial charge >= 0.3 is 5.97 Å². The summed E-state index contributed by atoms with van der Waals surface area (Å²) < 4.78 is 0. The third-order valence-corrected chi connectivity index (χ3v) is 4.10. The van der Waals surface area contributed by atoms with Gasteiger partial charge in [-0.3, -0.25) is 9.59 Å². The third kappa shape index (κ3) is 2.48. The number of carbonyl (C=O) groups is 2. The van der Waals surface area contributed by atoms with Crippen LogP contribution in [0.3, 0.4) is 0 Å². The lowest BCUT2D eigenvalue weighted by Crippen LogP contribution is -2.38. The second-order valence-corrected chi connectivity index (χ2v) is 5.56. The van der Waals surface area contributed by atoms with Crippen LogP contribution in [-0.4, -0.2) is 36.1 Å². The van der Waals surface area contributed by atoms with Crippen molar-refractivity contribution in [1.29, 1.82) is 0 Å². The van der Waals surface area contributed by atoms with E-state index >= 15 is 0 Å². The summed E-state index contributed by atoms with van der Waals surface area (Å²) in [6, 6.07) is 8.15. The van der Waals surface area contributed by atoms with Crippen molar-refractivity contribution >= 4 is 17.6 Å². The van der Waals surface area contributed by atoms with Gasteiger partial charge in [0.15, 0.2) is 0 Å². The maximum atomic E-state index is 11.3. The topological polar surface area (TPSA) is 69.6 Å². The van der Waals surface area contributed by atoms with E-state index in [0.717, 1.165) is 30.8 Å². The van der Waals surface area contributed by atoms with E-state index in [4.69, 9.17) is 5.11 Å². The van der Waals surface area contributed by atoms with Gasteiger partial charge in [-0.15, -0.1) is 0 Å². The molecule has 0 radical (unpaired) electrons. The van der Waals surface area contributed by atoms with Crippen LogP contribution in [0.25, 0.3) is 0 Å². The normalized spacial score (nSPS) is 24.6. The summed E-state index contributed by atoms with van der Waals surface area (Å²) >= 11 is 0. The van der Waals surface area contributed by atoms with Crippen molar-refractivity contribution in [3.8, 4) is 0 Å². The maximum Gasteiger partial charge on any atom is 0.304 e. The van der Waals surface area contributed by atoms with Crippen LogP contribution >= 0.6 is 0 Å². The highest BCUT2D eigenvalue weighted by atomic mass is 16.4. The summed E-state index contributed by atoms with van der Waals surface area (Å²) in [5, 5.41) is 12.0. The second-order valence-electron chi connectivity index (χ2n) is 5.56. The Bertz CT molecular complexity index is 544. The van der Waals surface area contributed by atoms with Crippen molar-refractivity contribution in [1.82, 2.24) is 5.32 Å². The summed E-state index contributed by atoms with van der Waals surface area (Å²) in [5.74, 6) is -0.605. The molecule has 1 aromatic rings. The molecule has 0 aromatic heterocycles. The molecule has 3 rings (SSSR count). The van der Waals surface area contributed by atoms with Crippen LogP contribution in [0.4, 0.5) is 5.69 Å². The Labute approximate surface area is 117 Å². The number of nitrogens with zero attached hydrogens (tertiary/aromatic N) is 1. The number of carboxylic acid groups (broad SMARTS) is 1. The summed E-state index contributed by atoms with van der Waals surface area (Å²) in [6.45, 7) is 1.48. The molecule has 1 saturated heterocycles. The summed E-state index contributed by atoms with van der Waals surface area (Å²) in [4.78, 5) is 24.5. The SMILES string of the molecule is O=C(O)CC1CN(CC2CCC(=O)N2)c2ccccc21. The number of rotatable bonds is 4. The molecule has 106 valence electrons. The minimum Gasteiger partial charge on any atom is -0.481 e. The number of aliphatic carboxylic acids is 1. The first kappa shape index (κ1) is 13.0. The molecule has 2 aliphatic heterocycles. The molecule has 1 fully saturated rings. The number of hydrogen-bond acceptors (Lipinski definition) is 3. The van der Waals surface area contributed by atoms with Crippen molar-refractivity contribution < 1.29 is 14.7 Å². The Morgan fingerprint density at radius 2 is 2.20 bits per heavy atom. The molecular weight excluding hydrogens is 256 g/mol. The van der Waals surface area contributed by atoms with Crippen molar-refractivity contribution in [2.24, 2.45) is 0 Å². The summed E-state index contributed by atoms with van der Waals surface area (Å²) in [7, 11) is 0. The van der Waals surface area contributed by atoms with Crippen LogP contribution in [0.2, 0.25) is 0 Å². The average Bonchev–Trinajstić information content (AvgIpc) is 2.95. The number of amides is 1. The maximum absolute atomic E-state index is 11.3. The molecule has 2 atom stereocenters. The Hall–Kier alpha value is -2.04. The highest BCUT2D eigenvalue weighted by molar-refractivity contribution is 5.78. The van der Waals surface area contributed by atoms with E-state index in [1.807, 2.05) is 24.3 Å². The number of hydrogen-bond donors (Lipinski definition) is 2. The van der Waals surface area contributed by atoms with Crippen LogP contribution in [0.5, 0.6) is 0 Å². The van der Waals surface area contributed by atoms with Gasteiger partial charge < -0.3 is 15.3 Å². The van der Waals surface area contributed by atoms with Crippen molar-refractivity contribution in [3.63, 3.8) is 0 Å². The van der Waals surface area contributed by atoms with E-state index in [1.54, 1.807) is 0 Å². The fourth-order valence-electron chi connectivity index (χ4n) is 3.22. The largest absolute Gasteiger partial charge is 0.481 e. The van der Waals surface area contributed by atoms with Crippen molar-refractivity contribution in [3.05, 3.63) is 29.8 Å². The van der Waals surface area contributed by atoms with Gasteiger partial charge in [0.25, 0.3) is 0 Å². The second kappa shape index (κ2) is 5.15. The third-order valence-electron chi connectivity index (χ3n) is 4.10. The van der Waals surface area contributed by atoms with Gasteiger partial charge in [0.2, 0.25) is 5.91 Å². The Morgan fingerprint density at radius 1 is 1.40 bits per heavy atom. The van der Waals surface area contributed by atoms with Gasteiger partial charge in [0, 0.05) is 37.2 Å². The highest BCUT2D eigenvalue weighted by Crippen LogP contribution is 2.38. The molecule has 5 heteroatoms. The Morgan fingerprint density at radius 3 is 2.90 bits per heavy atom. The van der Waals surface area contributed by atoms with Crippen LogP contribution in [0.1, 0.15) is 30.7 Å². The minimum absolute atomic E-state index is 0.0424. The highest BCUT2D eigenvalue weighted by Gasteiger charge is 2.32. The molecule has 5 nitrogen and oxygen atoms in total. The molecule has 20 heavy (non-hydrogen) atoms. The van der Waals surface area contributed by atoms with Crippen LogP contribution in [0.15, 0.2) is 24.3 Å². The van der Waals surface area contributed by atoms with E-state index in [1.165, 1.54) is 0 Å². The number of carboxylic acids is 1. The zero-order chi connectivity index (χ0) is 14.1. The smallest absolute Gasteiger partial charge is 0.304 e. The first-order valence-corrected chi connectivity index (χ1v) is 6.98. The molecular formula is C15H18N2O3. The minimum atomic E-state index is -0.763. The standard InChI is InChI=1S/C15H18N2O3/c18-14-6-5-11(16-14)9-17-8-10(7-15(19)20)12-3-1-2-4-13(12)17/h1-4,10-11H,5-9H2,(H,16,18)(H,19,20). The van der Waals surface area contributed by atoms with Gasteiger partial charge in [-0.1, -0.05) is 18.2 Å². The molecule has 0 spiro atoms. The first-order chi connectivity index (χ1) is 9.63. The summed E-state index contributed by atoms with van der Waals surface area (Å²) in [5.41, 5.74) is 2.22. The molecule has 2 unspecified atom stereocenters. The van der Waals surface area contributed by atoms with E-state index in [9.17, 15) is 9.59 Å². The molecule has 1 aromatic carbocycles. The summed E-state index contributed by atoms with van der Waals surface area (Å²) in [6.07, 6.45) is 1.62. The number of anilines is 1. The number of fused-ring (bicyclic) bond motifs is 1. The first-order valence-electron chi connectivity index (χ1n) is 6.98. The van der Waals surface area contributed by atoms with E-state index in [-0.39, 0.29) is 24.3 Å². The molecule has 0 bridgehead atoms. The molecule has 0 aliphatic carbocycles. The van der Waals surface area contributed by atoms with Crippen LogP contribution in [-0.2, 0) is 9.59 Å². The van der Waals surface area contributed by atoms with E-state index in [2.05, 4.69) is 10.2 Å². The molecule has 1 amide bonds. The van der Waals surface area contributed by atoms with E-state index < -0.39 is 5.97 Å². The number of carbonyl (C=O) groups excluding carboxylic acids is 1. The predicted octanol–water partition coefficient (Wildman–Crippen LogP) is 1.34. The van der Waals surface area contributed by atoms with Gasteiger partial charge in [0.1, 0.15) is 0 Å². The van der Waals surface area contributed by atoms with Crippen LogP contribution in [0, 0.1) is 0 Å². The zero-order valence-corrected chi connectivity index (χ0v) is 11.2. The number of nitrogens with one attached hydrogen (secondary N) is 1. The molecule has 2 aliphatic rings. The lowest BCUT2D eigenvalue weighted by molar-refractivity contribution is -0.137. The fraction of sp³-hybridized carbons (Fsp3) is 0.467. The molecule has 2 N–H and O–H groups in total.